The van der Waals surface area contributed by atoms with Crippen molar-refractivity contribution in [1.29, 1.82) is 0 Å². The molecule has 0 amide bonds. The van der Waals surface area contributed by atoms with Gasteiger partial charge in [0.15, 0.2) is 0 Å². The second kappa shape index (κ2) is 5.99. The number of benzene rings is 3. The van der Waals surface area contributed by atoms with Gasteiger partial charge in [0, 0.05) is 10.8 Å². The third kappa shape index (κ3) is 2.96. The van der Waals surface area contributed by atoms with Crippen LogP contribution >= 0.6 is 0 Å². The number of aromatic nitrogens is 1. The highest BCUT2D eigenvalue weighted by Gasteiger charge is 2.24. The molecule has 1 heteroatoms. The lowest BCUT2D eigenvalue weighted by Gasteiger charge is -2.28. The number of rotatable bonds is 1. The van der Waals surface area contributed by atoms with E-state index in [0.717, 1.165) is 0 Å². The lowest BCUT2D eigenvalue weighted by atomic mass is 9.81. The minimum atomic E-state index is 0.0677. The molecule has 0 N–H and O–H groups in total. The highest BCUT2D eigenvalue weighted by Crippen LogP contribution is 2.38. The monoisotopic (exact) mass is 355 g/mol. The molecule has 0 aliphatic carbocycles. The summed E-state index contributed by atoms with van der Waals surface area (Å²) in [4.78, 5) is 0. The van der Waals surface area contributed by atoms with Crippen molar-refractivity contribution in [3.8, 4) is 5.69 Å². The topological polar surface area (TPSA) is 4.93 Å². The average molecular weight is 356 g/mol. The quantitative estimate of drug-likeness (QED) is 0.336. The van der Waals surface area contributed by atoms with Gasteiger partial charge in [-0.05, 0) is 40.2 Å². The summed E-state index contributed by atoms with van der Waals surface area (Å²) in [6.07, 6.45) is 0. The Morgan fingerprint density at radius 3 is 1.59 bits per heavy atom. The molecular weight excluding hydrogens is 326 g/mol. The van der Waals surface area contributed by atoms with Crippen LogP contribution in [-0.2, 0) is 10.8 Å². The van der Waals surface area contributed by atoms with Crippen LogP contribution in [0.4, 0.5) is 0 Å². The van der Waals surface area contributed by atoms with Gasteiger partial charge in [0.25, 0.3) is 0 Å². The number of para-hydroxylation sites is 2. The summed E-state index contributed by atoms with van der Waals surface area (Å²) in [6, 6.07) is 24.5. The van der Waals surface area contributed by atoms with E-state index in [1.807, 2.05) is 0 Å². The molecule has 0 aliphatic rings. The van der Waals surface area contributed by atoms with Crippen LogP contribution in [0.25, 0.3) is 27.5 Å². The van der Waals surface area contributed by atoms with Crippen LogP contribution in [0.15, 0.2) is 66.7 Å². The molecule has 0 aliphatic heterocycles. The Morgan fingerprint density at radius 1 is 0.593 bits per heavy atom. The van der Waals surface area contributed by atoms with Crippen LogP contribution in [0.1, 0.15) is 52.7 Å². The molecule has 4 aromatic rings. The van der Waals surface area contributed by atoms with E-state index in [1.54, 1.807) is 0 Å². The first-order valence-electron chi connectivity index (χ1n) is 9.81. The summed E-state index contributed by atoms with van der Waals surface area (Å²) in [6.45, 7) is 13.8. The first-order valence-corrected chi connectivity index (χ1v) is 9.81. The Morgan fingerprint density at radius 2 is 1.11 bits per heavy atom. The summed E-state index contributed by atoms with van der Waals surface area (Å²) in [5, 5.41) is 2.63. The van der Waals surface area contributed by atoms with E-state index in [9.17, 15) is 0 Å². The van der Waals surface area contributed by atoms with Crippen molar-refractivity contribution in [2.45, 2.75) is 52.4 Å². The predicted octanol–water partition coefficient (Wildman–Crippen LogP) is 7.38. The highest BCUT2D eigenvalue weighted by atomic mass is 15.0. The Labute approximate surface area is 162 Å². The molecule has 0 atom stereocenters. The SMILES string of the molecule is CC(C)(C)c1ccc(C(C)(C)C)c(-n2c3ccccc3c3ccccc32)c1. The molecule has 0 radical (unpaired) electrons. The molecule has 0 saturated heterocycles. The maximum atomic E-state index is 2.46. The summed E-state index contributed by atoms with van der Waals surface area (Å²) in [5.41, 5.74) is 6.77. The number of hydrogen-bond donors (Lipinski definition) is 0. The molecule has 138 valence electrons. The van der Waals surface area contributed by atoms with E-state index in [-0.39, 0.29) is 10.8 Å². The first kappa shape index (κ1) is 17.9. The Kier molecular flexibility index (Phi) is 3.96. The van der Waals surface area contributed by atoms with Crippen molar-refractivity contribution in [1.82, 2.24) is 4.57 Å². The van der Waals surface area contributed by atoms with E-state index in [0.29, 0.717) is 0 Å². The van der Waals surface area contributed by atoms with Crippen LogP contribution < -0.4 is 0 Å². The second-order valence-electron chi connectivity index (χ2n) is 9.60. The van der Waals surface area contributed by atoms with E-state index in [2.05, 4.69) is 113 Å². The molecule has 4 rings (SSSR count). The van der Waals surface area contributed by atoms with Crippen molar-refractivity contribution in [3.05, 3.63) is 77.9 Å². The lowest BCUT2D eigenvalue weighted by Crippen LogP contribution is -2.18. The zero-order valence-corrected chi connectivity index (χ0v) is 17.3. The molecule has 1 nitrogen and oxygen atoms in total. The minimum Gasteiger partial charge on any atom is -0.309 e. The minimum absolute atomic E-state index is 0.0677. The average Bonchev–Trinajstić information content (AvgIpc) is 2.94. The van der Waals surface area contributed by atoms with Gasteiger partial charge in [-0.3, -0.25) is 0 Å². The fourth-order valence-electron chi connectivity index (χ4n) is 4.00. The lowest BCUT2D eigenvalue weighted by molar-refractivity contribution is 0.574. The number of hydrogen-bond acceptors (Lipinski definition) is 0. The van der Waals surface area contributed by atoms with Crippen LogP contribution in [-0.4, -0.2) is 4.57 Å². The standard InChI is InChI=1S/C26H29N/c1-25(2,3)18-15-16-21(26(4,5)6)24(17-18)27-22-13-9-7-11-19(22)20-12-8-10-14-23(20)27/h7-17H,1-6H3. The van der Waals surface area contributed by atoms with Crippen molar-refractivity contribution in [2.75, 3.05) is 0 Å². The van der Waals surface area contributed by atoms with Gasteiger partial charge >= 0.3 is 0 Å². The molecule has 0 spiro atoms. The molecule has 0 unspecified atom stereocenters. The molecule has 3 aromatic carbocycles. The molecule has 1 heterocycles. The van der Waals surface area contributed by atoms with Crippen molar-refractivity contribution < 1.29 is 0 Å². The van der Waals surface area contributed by atoms with Gasteiger partial charge in [0.2, 0.25) is 0 Å². The van der Waals surface area contributed by atoms with Crippen molar-refractivity contribution in [2.24, 2.45) is 0 Å². The zero-order valence-electron chi connectivity index (χ0n) is 17.3. The summed E-state index contributed by atoms with van der Waals surface area (Å²) >= 11 is 0. The smallest absolute Gasteiger partial charge is 0.0541 e. The van der Waals surface area contributed by atoms with Gasteiger partial charge in [-0.15, -0.1) is 0 Å². The van der Waals surface area contributed by atoms with Gasteiger partial charge in [-0.2, -0.15) is 0 Å². The normalized spacial score (nSPS) is 12.8. The van der Waals surface area contributed by atoms with Gasteiger partial charge in [0.05, 0.1) is 16.7 Å². The molecular formula is C26H29N. The maximum absolute atomic E-state index is 2.46. The third-order valence-corrected chi connectivity index (χ3v) is 5.49. The van der Waals surface area contributed by atoms with Gasteiger partial charge in [0.1, 0.15) is 0 Å². The van der Waals surface area contributed by atoms with Crippen LogP contribution in [0, 0.1) is 0 Å². The predicted molar refractivity (Wildman–Crippen MR) is 118 cm³/mol. The molecule has 0 fully saturated rings. The second-order valence-corrected chi connectivity index (χ2v) is 9.60. The van der Waals surface area contributed by atoms with Crippen LogP contribution in [0.2, 0.25) is 0 Å². The van der Waals surface area contributed by atoms with Crippen LogP contribution in [0.5, 0.6) is 0 Å². The summed E-state index contributed by atoms with van der Waals surface area (Å²) in [7, 11) is 0. The molecule has 1 aromatic heterocycles. The fourth-order valence-corrected chi connectivity index (χ4v) is 4.00. The number of fused-ring (bicyclic) bond motifs is 3. The molecule has 0 bridgehead atoms. The van der Waals surface area contributed by atoms with Gasteiger partial charge in [-0.25, -0.2) is 0 Å². The Balaban J connectivity index is 2.17. The molecule has 27 heavy (non-hydrogen) atoms. The largest absolute Gasteiger partial charge is 0.309 e. The Hall–Kier alpha value is -2.54. The van der Waals surface area contributed by atoms with E-state index < -0.39 is 0 Å². The van der Waals surface area contributed by atoms with Crippen molar-refractivity contribution >= 4 is 21.8 Å². The van der Waals surface area contributed by atoms with Gasteiger partial charge in [-0.1, -0.05) is 90.1 Å². The number of nitrogens with zero attached hydrogens (tertiary/aromatic N) is 1. The zero-order chi connectivity index (χ0) is 19.4. The molecule has 0 saturated carbocycles. The highest BCUT2D eigenvalue weighted by molar-refractivity contribution is 6.09. The first-order chi connectivity index (χ1) is 12.7. The van der Waals surface area contributed by atoms with Crippen molar-refractivity contribution in [3.63, 3.8) is 0 Å². The third-order valence-electron chi connectivity index (χ3n) is 5.49. The van der Waals surface area contributed by atoms with Gasteiger partial charge < -0.3 is 4.57 Å². The summed E-state index contributed by atoms with van der Waals surface area (Å²) in [5.74, 6) is 0. The summed E-state index contributed by atoms with van der Waals surface area (Å²) < 4.78 is 2.46. The van der Waals surface area contributed by atoms with E-state index in [1.165, 1.54) is 38.6 Å². The van der Waals surface area contributed by atoms with E-state index in [4.69, 9.17) is 0 Å². The van der Waals surface area contributed by atoms with Crippen LogP contribution in [0.3, 0.4) is 0 Å². The Bertz CT molecular complexity index is 1080. The van der Waals surface area contributed by atoms with E-state index >= 15 is 0 Å². The fraction of sp³-hybridized carbons (Fsp3) is 0.308. The maximum Gasteiger partial charge on any atom is 0.0541 e.